The van der Waals surface area contributed by atoms with E-state index in [1.165, 1.54) is 22.0 Å². The summed E-state index contributed by atoms with van der Waals surface area (Å²) in [6.45, 7) is -0.839. The molecule has 2 heterocycles. The number of halogens is 3. The Morgan fingerprint density at radius 1 is 1.17 bits per heavy atom. The Labute approximate surface area is 169 Å². The lowest BCUT2D eigenvalue weighted by Crippen LogP contribution is -2.59. The third kappa shape index (κ3) is 4.46. The maximum Gasteiger partial charge on any atom is 0.416 e. The van der Waals surface area contributed by atoms with Gasteiger partial charge in [-0.05, 0) is 24.3 Å². The minimum absolute atomic E-state index is 0.0584. The molecular formula is C17H17F3N4O5S. The molecule has 1 aromatic heterocycles. The third-order valence-electron chi connectivity index (χ3n) is 4.63. The number of imidazole rings is 1. The van der Waals surface area contributed by atoms with Gasteiger partial charge in [0, 0.05) is 32.0 Å². The van der Waals surface area contributed by atoms with Gasteiger partial charge in [0.15, 0.2) is 0 Å². The molecule has 0 aliphatic carbocycles. The van der Waals surface area contributed by atoms with E-state index in [4.69, 9.17) is 0 Å². The van der Waals surface area contributed by atoms with E-state index in [1.54, 1.807) is 6.20 Å². The van der Waals surface area contributed by atoms with Gasteiger partial charge in [-0.1, -0.05) is 0 Å². The molecule has 13 heteroatoms. The van der Waals surface area contributed by atoms with Crippen LogP contribution in [0.3, 0.4) is 0 Å². The number of carboxylic acids is 1. The van der Waals surface area contributed by atoms with Crippen molar-refractivity contribution in [2.24, 2.45) is 0 Å². The van der Waals surface area contributed by atoms with Crippen molar-refractivity contribution in [3.05, 3.63) is 48.5 Å². The summed E-state index contributed by atoms with van der Waals surface area (Å²) < 4.78 is 66.0. The van der Waals surface area contributed by atoms with Crippen LogP contribution in [-0.2, 0) is 32.3 Å². The van der Waals surface area contributed by atoms with Crippen LogP contribution in [-0.4, -0.2) is 69.8 Å². The van der Waals surface area contributed by atoms with Crippen LogP contribution in [0.1, 0.15) is 5.56 Å². The number of benzene rings is 1. The fraction of sp³-hybridized carbons (Fsp3) is 0.353. The van der Waals surface area contributed by atoms with Crippen LogP contribution >= 0.6 is 0 Å². The molecular weight excluding hydrogens is 429 g/mol. The topological polar surface area (TPSA) is 113 Å². The fourth-order valence-electron chi connectivity index (χ4n) is 3.07. The molecule has 0 unspecified atom stereocenters. The minimum Gasteiger partial charge on any atom is -0.480 e. The smallest absolute Gasteiger partial charge is 0.416 e. The second-order valence-corrected chi connectivity index (χ2v) is 8.46. The summed E-state index contributed by atoms with van der Waals surface area (Å²) in [6, 6.07) is 1.24. The van der Waals surface area contributed by atoms with Crippen molar-refractivity contribution >= 4 is 21.9 Å². The van der Waals surface area contributed by atoms with Crippen LogP contribution in [0.4, 0.5) is 13.2 Å². The number of nitrogens with zero attached hydrogens (tertiary/aromatic N) is 4. The van der Waals surface area contributed by atoms with E-state index in [2.05, 4.69) is 4.98 Å². The van der Waals surface area contributed by atoms with Crippen molar-refractivity contribution in [3.8, 4) is 0 Å². The summed E-state index contributed by atoms with van der Waals surface area (Å²) >= 11 is 0. The van der Waals surface area contributed by atoms with Gasteiger partial charge in [0.05, 0.1) is 16.8 Å². The van der Waals surface area contributed by atoms with Crippen molar-refractivity contribution in [1.29, 1.82) is 0 Å². The Morgan fingerprint density at radius 2 is 1.83 bits per heavy atom. The first-order chi connectivity index (χ1) is 14.0. The quantitative estimate of drug-likeness (QED) is 0.730. The molecule has 9 nitrogen and oxygen atoms in total. The molecule has 1 aromatic carbocycles. The first kappa shape index (κ1) is 21.8. The number of carbonyl (C=O) groups excluding carboxylic acids is 1. The highest BCUT2D eigenvalue weighted by Gasteiger charge is 2.41. The van der Waals surface area contributed by atoms with Crippen LogP contribution in [0.5, 0.6) is 0 Å². The fourth-order valence-corrected chi connectivity index (χ4v) is 4.63. The zero-order chi connectivity index (χ0) is 22.1. The number of aliphatic carboxylic acids is 1. The lowest BCUT2D eigenvalue weighted by molar-refractivity contribution is -0.146. The van der Waals surface area contributed by atoms with Crippen LogP contribution in [0, 0.1) is 0 Å². The van der Waals surface area contributed by atoms with Crippen LogP contribution in [0.2, 0.25) is 0 Å². The molecule has 1 N–H and O–H groups in total. The molecule has 0 bridgehead atoms. The number of carboxylic acid groups (broad SMARTS) is 1. The number of alkyl halides is 3. The second-order valence-electron chi connectivity index (χ2n) is 6.57. The Balaban J connectivity index is 1.79. The highest BCUT2D eigenvalue weighted by atomic mass is 32.2. The molecule has 1 fully saturated rings. The van der Waals surface area contributed by atoms with Gasteiger partial charge in [-0.25, -0.2) is 13.4 Å². The number of amides is 1. The van der Waals surface area contributed by atoms with Crippen LogP contribution < -0.4 is 0 Å². The maximum absolute atomic E-state index is 12.9. The summed E-state index contributed by atoms with van der Waals surface area (Å²) in [4.78, 5) is 28.7. The van der Waals surface area contributed by atoms with Gasteiger partial charge in [-0.2, -0.15) is 17.5 Å². The molecule has 2 aromatic rings. The van der Waals surface area contributed by atoms with Gasteiger partial charge < -0.3 is 14.6 Å². The summed E-state index contributed by atoms with van der Waals surface area (Å²) in [5.74, 6) is -1.88. The molecule has 0 spiro atoms. The summed E-state index contributed by atoms with van der Waals surface area (Å²) in [7, 11) is -4.39. The van der Waals surface area contributed by atoms with Gasteiger partial charge in [0.2, 0.25) is 15.9 Å². The van der Waals surface area contributed by atoms with Gasteiger partial charge in [0.1, 0.15) is 12.6 Å². The van der Waals surface area contributed by atoms with Crippen molar-refractivity contribution in [2.75, 3.05) is 19.6 Å². The van der Waals surface area contributed by atoms with E-state index < -0.39 is 44.6 Å². The van der Waals surface area contributed by atoms with E-state index in [9.17, 15) is 36.3 Å². The van der Waals surface area contributed by atoms with Gasteiger partial charge in [-0.3, -0.25) is 9.59 Å². The van der Waals surface area contributed by atoms with E-state index in [0.717, 1.165) is 12.1 Å². The van der Waals surface area contributed by atoms with Gasteiger partial charge in [0.25, 0.3) is 0 Å². The van der Waals surface area contributed by atoms with E-state index in [-0.39, 0.29) is 26.2 Å². The number of piperazine rings is 1. The minimum atomic E-state index is -4.63. The summed E-state index contributed by atoms with van der Waals surface area (Å²) in [6.07, 6.45) is -0.190. The Kier molecular flexibility index (Phi) is 5.85. The van der Waals surface area contributed by atoms with Crippen molar-refractivity contribution in [3.63, 3.8) is 0 Å². The van der Waals surface area contributed by atoms with Crippen molar-refractivity contribution in [1.82, 2.24) is 18.8 Å². The molecule has 0 radical (unpaired) electrons. The first-order valence-corrected chi connectivity index (χ1v) is 10.1. The van der Waals surface area contributed by atoms with E-state index >= 15 is 0 Å². The lowest BCUT2D eigenvalue weighted by atomic mass is 10.2. The Bertz CT molecular complexity index is 1020. The average Bonchev–Trinajstić information content (AvgIpc) is 3.20. The highest BCUT2D eigenvalue weighted by Crippen LogP contribution is 2.30. The maximum atomic E-state index is 12.9. The van der Waals surface area contributed by atoms with Gasteiger partial charge >= 0.3 is 12.1 Å². The van der Waals surface area contributed by atoms with Crippen molar-refractivity contribution in [2.45, 2.75) is 23.7 Å². The molecule has 1 saturated heterocycles. The predicted octanol–water partition coefficient (Wildman–Crippen LogP) is 0.888. The lowest BCUT2D eigenvalue weighted by Gasteiger charge is -2.38. The molecule has 3 rings (SSSR count). The second kappa shape index (κ2) is 8.07. The monoisotopic (exact) mass is 446 g/mol. The Morgan fingerprint density at radius 3 is 2.37 bits per heavy atom. The number of carbonyl (C=O) groups is 2. The zero-order valence-electron chi connectivity index (χ0n) is 15.4. The number of sulfonamides is 1. The zero-order valence-corrected chi connectivity index (χ0v) is 16.2. The molecule has 1 atom stereocenters. The third-order valence-corrected chi connectivity index (χ3v) is 6.56. The van der Waals surface area contributed by atoms with E-state index in [1.807, 2.05) is 0 Å². The number of hydrogen-bond donors (Lipinski definition) is 1. The first-order valence-electron chi connectivity index (χ1n) is 8.65. The average molecular weight is 446 g/mol. The summed E-state index contributed by atoms with van der Waals surface area (Å²) in [5.41, 5.74) is -1.02. The molecule has 1 amide bonds. The largest absolute Gasteiger partial charge is 0.480 e. The van der Waals surface area contributed by atoms with Crippen LogP contribution in [0.25, 0.3) is 0 Å². The molecule has 1 aliphatic heterocycles. The highest BCUT2D eigenvalue weighted by molar-refractivity contribution is 7.89. The molecule has 162 valence electrons. The number of aromatic nitrogens is 2. The normalized spacial score (nSPS) is 18.4. The van der Waals surface area contributed by atoms with Gasteiger partial charge in [-0.15, -0.1) is 0 Å². The SMILES string of the molecule is O=C(O)[C@H]1CN(C(=O)Cn2ccnc2)CCN1S(=O)(=O)c1ccc(C(F)(F)F)cc1. The molecule has 1 aliphatic rings. The Hall–Kier alpha value is -2.93. The molecule has 0 saturated carbocycles. The standard InChI is InChI=1S/C17H17F3N4O5S/c18-17(19,20)12-1-3-13(4-2-12)30(28,29)24-8-7-23(9-14(24)16(26)27)15(25)10-22-6-5-21-11-22/h1-6,11,14H,7-10H2,(H,26,27)/t14-/m1/s1. The van der Waals surface area contributed by atoms with Crippen LogP contribution in [0.15, 0.2) is 47.9 Å². The number of rotatable bonds is 5. The number of hydrogen-bond acceptors (Lipinski definition) is 5. The predicted molar refractivity (Wildman–Crippen MR) is 95.6 cm³/mol. The summed E-state index contributed by atoms with van der Waals surface area (Å²) in [5, 5.41) is 9.52. The van der Waals surface area contributed by atoms with Crippen molar-refractivity contribution < 1.29 is 36.3 Å². The van der Waals surface area contributed by atoms with E-state index in [0.29, 0.717) is 16.4 Å². The molecule has 30 heavy (non-hydrogen) atoms.